The summed E-state index contributed by atoms with van der Waals surface area (Å²) in [6, 6.07) is 8.18. The molecule has 2 N–H and O–H groups in total. The topological polar surface area (TPSA) is 67.6 Å². The van der Waals surface area contributed by atoms with Gasteiger partial charge in [-0.25, -0.2) is 9.07 Å². The summed E-state index contributed by atoms with van der Waals surface area (Å²) in [5.41, 5.74) is 7.47. The molecular weight excluding hydrogens is 219 g/mol. The molecule has 1 heterocycles. The van der Waals surface area contributed by atoms with Crippen molar-refractivity contribution in [1.82, 2.24) is 9.78 Å². The molecule has 0 aliphatic heterocycles. The second kappa shape index (κ2) is 4.66. The smallest absolute Gasteiger partial charge is 0.126 e. The van der Waals surface area contributed by atoms with Crippen LogP contribution in [0.2, 0.25) is 0 Å². The molecule has 5 heteroatoms. The Morgan fingerprint density at radius 1 is 1.35 bits per heavy atom. The standard InChI is InChI=1S/C12H11FN4/c13-11-3-1-9(2-4-11)8-17-12(15)10(5-6-14)7-16-17/h1-4,7H,5,8,15H2. The van der Waals surface area contributed by atoms with Crippen molar-refractivity contribution in [2.24, 2.45) is 0 Å². The lowest BCUT2D eigenvalue weighted by Crippen LogP contribution is -2.06. The summed E-state index contributed by atoms with van der Waals surface area (Å²) in [5, 5.41) is 12.7. The fraction of sp³-hybridized carbons (Fsp3) is 0.167. The highest BCUT2D eigenvalue weighted by Crippen LogP contribution is 2.13. The number of hydrogen-bond acceptors (Lipinski definition) is 3. The lowest BCUT2D eigenvalue weighted by atomic mass is 10.2. The van der Waals surface area contributed by atoms with Crippen LogP contribution >= 0.6 is 0 Å². The number of halogens is 1. The second-order valence-electron chi connectivity index (χ2n) is 3.67. The second-order valence-corrected chi connectivity index (χ2v) is 3.67. The lowest BCUT2D eigenvalue weighted by molar-refractivity contribution is 0.625. The minimum absolute atomic E-state index is 0.245. The third kappa shape index (κ3) is 2.42. The number of benzene rings is 1. The third-order valence-corrected chi connectivity index (χ3v) is 2.48. The minimum Gasteiger partial charge on any atom is -0.384 e. The number of nitrogen functional groups attached to an aromatic ring is 1. The van der Waals surface area contributed by atoms with Crippen LogP contribution < -0.4 is 5.73 Å². The van der Waals surface area contributed by atoms with Gasteiger partial charge in [-0.15, -0.1) is 0 Å². The van der Waals surface area contributed by atoms with E-state index in [0.717, 1.165) is 11.1 Å². The molecule has 0 radical (unpaired) electrons. The Kier molecular flexibility index (Phi) is 3.06. The summed E-state index contributed by atoms with van der Waals surface area (Å²) in [4.78, 5) is 0. The van der Waals surface area contributed by atoms with E-state index in [1.807, 2.05) is 6.07 Å². The fourth-order valence-corrected chi connectivity index (χ4v) is 1.54. The van der Waals surface area contributed by atoms with Gasteiger partial charge in [-0.3, -0.25) is 0 Å². The van der Waals surface area contributed by atoms with Crippen molar-refractivity contribution >= 4 is 5.82 Å². The molecule has 4 nitrogen and oxygen atoms in total. The number of aromatic nitrogens is 2. The summed E-state index contributed by atoms with van der Waals surface area (Å²) in [7, 11) is 0. The van der Waals surface area contributed by atoms with Crippen LogP contribution in [0.15, 0.2) is 30.5 Å². The average Bonchev–Trinajstić information content (AvgIpc) is 2.65. The van der Waals surface area contributed by atoms with E-state index in [9.17, 15) is 4.39 Å². The summed E-state index contributed by atoms with van der Waals surface area (Å²) in [6.45, 7) is 0.470. The number of nitrogens with zero attached hydrogens (tertiary/aromatic N) is 3. The Labute approximate surface area is 98.1 Å². The Balaban J connectivity index is 2.19. The van der Waals surface area contributed by atoms with E-state index in [1.165, 1.54) is 12.1 Å². The first-order chi connectivity index (χ1) is 8.20. The number of nitriles is 1. The highest BCUT2D eigenvalue weighted by atomic mass is 19.1. The van der Waals surface area contributed by atoms with E-state index in [-0.39, 0.29) is 12.2 Å². The first-order valence-corrected chi connectivity index (χ1v) is 5.12. The van der Waals surface area contributed by atoms with Crippen molar-refractivity contribution in [2.75, 3.05) is 5.73 Å². The zero-order chi connectivity index (χ0) is 12.3. The molecule has 0 saturated carbocycles. The predicted molar refractivity (Wildman–Crippen MR) is 61.5 cm³/mol. The maximum absolute atomic E-state index is 12.7. The van der Waals surface area contributed by atoms with Gasteiger partial charge in [0.25, 0.3) is 0 Å². The van der Waals surface area contributed by atoms with E-state index in [0.29, 0.717) is 12.4 Å². The highest BCUT2D eigenvalue weighted by Gasteiger charge is 2.07. The van der Waals surface area contributed by atoms with Crippen molar-refractivity contribution in [2.45, 2.75) is 13.0 Å². The molecule has 0 aliphatic carbocycles. The van der Waals surface area contributed by atoms with Gasteiger partial charge in [-0.2, -0.15) is 10.4 Å². The number of rotatable bonds is 3. The Morgan fingerprint density at radius 3 is 2.71 bits per heavy atom. The molecule has 2 aromatic rings. The van der Waals surface area contributed by atoms with E-state index in [4.69, 9.17) is 11.0 Å². The molecule has 17 heavy (non-hydrogen) atoms. The van der Waals surface area contributed by atoms with Crippen molar-refractivity contribution in [1.29, 1.82) is 5.26 Å². The summed E-state index contributed by atoms with van der Waals surface area (Å²) >= 11 is 0. The molecule has 0 spiro atoms. The lowest BCUT2D eigenvalue weighted by Gasteiger charge is -2.04. The zero-order valence-corrected chi connectivity index (χ0v) is 9.10. The van der Waals surface area contributed by atoms with Crippen LogP contribution in [0.4, 0.5) is 10.2 Å². The molecule has 0 saturated heterocycles. The monoisotopic (exact) mass is 230 g/mol. The van der Waals surface area contributed by atoms with Gasteiger partial charge in [-0.1, -0.05) is 12.1 Å². The number of nitrogens with two attached hydrogens (primary N) is 1. The van der Waals surface area contributed by atoms with Crippen LogP contribution in [0.5, 0.6) is 0 Å². The van der Waals surface area contributed by atoms with Crippen LogP contribution in [0.25, 0.3) is 0 Å². The molecule has 0 aliphatic rings. The van der Waals surface area contributed by atoms with Crippen molar-refractivity contribution in [3.8, 4) is 6.07 Å². The van der Waals surface area contributed by atoms with Crippen LogP contribution in [-0.4, -0.2) is 9.78 Å². The largest absolute Gasteiger partial charge is 0.384 e. The minimum atomic E-state index is -0.271. The van der Waals surface area contributed by atoms with Crippen molar-refractivity contribution in [3.05, 3.63) is 47.4 Å². The zero-order valence-electron chi connectivity index (χ0n) is 9.10. The van der Waals surface area contributed by atoms with Gasteiger partial charge in [0.1, 0.15) is 11.6 Å². The van der Waals surface area contributed by atoms with Gasteiger partial charge >= 0.3 is 0 Å². The number of anilines is 1. The molecular formula is C12H11FN4. The van der Waals surface area contributed by atoms with Gasteiger partial charge in [0.2, 0.25) is 0 Å². The van der Waals surface area contributed by atoms with Gasteiger partial charge in [0.15, 0.2) is 0 Å². The first kappa shape index (κ1) is 11.1. The molecule has 1 aromatic carbocycles. The van der Waals surface area contributed by atoms with Crippen molar-refractivity contribution < 1.29 is 4.39 Å². The van der Waals surface area contributed by atoms with Crippen LogP contribution in [0.3, 0.4) is 0 Å². The molecule has 86 valence electrons. The first-order valence-electron chi connectivity index (χ1n) is 5.12. The molecule has 0 atom stereocenters. The summed E-state index contributed by atoms with van der Waals surface area (Å²) in [6.07, 6.45) is 1.83. The number of hydrogen-bond donors (Lipinski definition) is 1. The quantitative estimate of drug-likeness (QED) is 0.872. The molecule has 0 fully saturated rings. The van der Waals surface area contributed by atoms with Gasteiger partial charge in [0, 0.05) is 5.56 Å². The highest BCUT2D eigenvalue weighted by molar-refractivity contribution is 5.40. The normalized spacial score (nSPS) is 10.1. The van der Waals surface area contributed by atoms with E-state index in [2.05, 4.69) is 5.10 Å². The maximum atomic E-state index is 12.7. The molecule has 0 bridgehead atoms. The van der Waals surface area contributed by atoms with E-state index >= 15 is 0 Å². The Morgan fingerprint density at radius 2 is 2.06 bits per heavy atom. The molecule has 2 rings (SSSR count). The maximum Gasteiger partial charge on any atom is 0.126 e. The van der Waals surface area contributed by atoms with Gasteiger partial charge < -0.3 is 5.73 Å². The van der Waals surface area contributed by atoms with E-state index < -0.39 is 0 Å². The summed E-state index contributed by atoms with van der Waals surface area (Å²) < 4.78 is 14.3. The Bertz CT molecular complexity index is 551. The van der Waals surface area contributed by atoms with Crippen LogP contribution in [-0.2, 0) is 13.0 Å². The molecule has 1 aromatic heterocycles. The van der Waals surface area contributed by atoms with Gasteiger partial charge in [-0.05, 0) is 17.7 Å². The SMILES string of the molecule is N#CCc1cnn(Cc2ccc(F)cc2)c1N. The fourth-order valence-electron chi connectivity index (χ4n) is 1.54. The molecule has 0 unspecified atom stereocenters. The van der Waals surface area contributed by atoms with Crippen molar-refractivity contribution in [3.63, 3.8) is 0 Å². The predicted octanol–water partition coefficient (Wildman–Crippen LogP) is 1.72. The third-order valence-electron chi connectivity index (χ3n) is 2.48. The van der Waals surface area contributed by atoms with Crippen LogP contribution in [0, 0.1) is 17.1 Å². The van der Waals surface area contributed by atoms with E-state index in [1.54, 1.807) is 23.0 Å². The average molecular weight is 230 g/mol. The Hall–Kier alpha value is -2.35. The summed E-state index contributed by atoms with van der Waals surface area (Å²) in [5.74, 6) is 0.211. The van der Waals surface area contributed by atoms with Crippen LogP contribution in [0.1, 0.15) is 11.1 Å². The van der Waals surface area contributed by atoms with Gasteiger partial charge in [0.05, 0.1) is 25.2 Å². The molecule has 0 amide bonds.